The van der Waals surface area contributed by atoms with E-state index < -0.39 is 5.41 Å². The predicted octanol–water partition coefficient (Wildman–Crippen LogP) is 2.93. The Morgan fingerprint density at radius 3 is 3.06 bits per heavy atom. The lowest BCUT2D eigenvalue weighted by Crippen LogP contribution is -2.22. The van der Waals surface area contributed by atoms with Crippen molar-refractivity contribution in [1.29, 1.82) is 0 Å². The highest BCUT2D eigenvalue weighted by molar-refractivity contribution is 6.30. The average molecular weight is 235 g/mol. The fourth-order valence-corrected chi connectivity index (χ4v) is 2.61. The van der Waals surface area contributed by atoms with Gasteiger partial charge in [0, 0.05) is 10.9 Å². The van der Waals surface area contributed by atoms with Crippen LogP contribution in [0.15, 0.2) is 36.4 Å². The van der Waals surface area contributed by atoms with Crippen molar-refractivity contribution in [1.82, 2.24) is 0 Å². The monoisotopic (exact) mass is 234 g/mol. The minimum Gasteiger partial charge on any atom is -0.461 e. The van der Waals surface area contributed by atoms with Crippen LogP contribution in [0.4, 0.5) is 0 Å². The Kier molecular flexibility index (Phi) is 2.08. The molecule has 2 aliphatic rings. The molecule has 1 saturated carbocycles. The first-order valence-corrected chi connectivity index (χ1v) is 5.70. The number of carbonyl (C=O) groups is 1. The first kappa shape index (κ1) is 9.91. The van der Waals surface area contributed by atoms with E-state index in [0.717, 1.165) is 12.0 Å². The van der Waals surface area contributed by atoms with E-state index in [9.17, 15) is 4.79 Å². The molecule has 1 aliphatic heterocycles. The molecule has 0 saturated heterocycles. The topological polar surface area (TPSA) is 26.3 Å². The number of ether oxygens (including phenoxy) is 1. The number of halogens is 1. The molecule has 0 unspecified atom stereocenters. The molecule has 1 fully saturated rings. The number of benzene rings is 1. The van der Waals surface area contributed by atoms with E-state index in [1.165, 1.54) is 0 Å². The summed E-state index contributed by atoms with van der Waals surface area (Å²) in [5, 5.41) is 0.715. The van der Waals surface area contributed by atoms with Crippen LogP contribution in [0.3, 0.4) is 0 Å². The Hall–Kier alpha value is -1.28. The summed E-state index contributed by atoms with van der Waals surface area (Å²) >= 11 is 5.95. The molecule has 16 heavy (non-hydrogen) atoms. The summed E-state index contributed by atoms with van der Waals surface area (Å²) in [6.45, 7) is 0.406. The quantitative estimate of drug-likeness (QED) is 0.552. The largest absolute Gasteiger partial charge is 0.461 e. The van der Waals surface area contributed by atoms with Crippen LogP contribution in [0, 0.1) is 5.41 Å². The molecule has 0 N–H and O–H groups in total. The summed E-state index contributed by atoms with van der Waals surface area (Å²) in [5.41, 5.74) is 0.721. The number of esters is 1. The smallest absolute Gasteiger partial charge is 0.316 e. The first-order chi connectivity index (χ1) is 7.72. The molecule has 2 atom stereocenters. The third-order valence-corrected chi connectivity index (χ3v) is 3.60. The summed E-state index contributed by atoms with van der Waals surface area (Å²) in [7, 11) is 0. The fraction of sp³-hybridized carbons (Fsp3) is 0.308. The van der Waals surface area contributed by atoms with Gasteiger partial charge in [-0.15, -0.1) is 0 Å². The zero-order valence-corrected chi connectivity index (χ0v) is 9.41. The van der Waals surface area contributed by atoms with Crippen molar-refractivity contribution in [3.63, 3.8) is 0 Å². The second-order valence-corrected chi connectivity index (χ2v) is 4.79. The lowest BCUT2D eigenvalue weighted by molar-refractivity contribution is -0.148. The van der Waals surface area contributed by atoms with E-state index >= 15 is 0 Å². The standard InChI is InChI=1S/C13H11ClO2/c14-10-4-1-3-9(7-10)11-8-13(11)5-2-6-16-12(13)15/h1-5,7,11H,6,8H2/t11-,13+/m1/s1. The minimum absolute atomic E-state index is 0.0972. The van der Waals surface area contributed by atoms with Crippen LogP contribution in [-0.4, -0.2) is 12.6 Å². The molecule has 1 aromatic rings. The van der Waals surface area contributed by atoms with Crippen LogP contribution in [0.25, 0.3) is 0 Å². The lowest BCUT2D eigenvalue weighted by Gasteiger charge is -2.16. The highest BCUT2D eigenvalue weighted by Crippen LogP contribution is 2.62. The molecular weight excluding hydrogens is 224 g/mol. The molecule has 2 nitrogen and oxygen atoms in total. The van der Waals surface area contributed by atoms with Crippen LogP contribution >= 0.6 is 11.6 Å². The summed E-state index contributed by atoms with van der Waals surface area (Å²) < 4.78 is 5.08. The second kappa shape index (κ2) is 3.36. The Morgan fingerprint density at radius 2 is 2.31 bits per heavy atom. The molecule has 1 aliphatic carbocycles. The van der Waals surface area contributed by atoms with Gasteiger partial charge in [0.1, 0.15) is 6.61 Å². The van der Waals surface area contributed by atoms with Gasteiger partial charge in [0.25, 0.3) is 0 Å². The number of hydrogen-bond acceptors (Lipinski definition) is 2. The van der Waals surface area contributed by atoms with E-state index in [1.807, 2.05) is 36.4 Å². The van der Waals surface area contributed by atoms with Crippen molar-refractivity contribution in [2.45, 2.75) is 12.3 Å². The molecule has 1 spiro atoms. The Bertz CT molecular complexity index is 481. The van der Waals surface area contributed by atoms with Gasteiger partial charge in [0.15, 0.2) is 0 Å². The number of cyclic esters (lactones) is 1. The van der Waals surface area contributed by atoms with Gasteiger partial charge >= 0.3 is 5.97 Å². The van der Waals surface area contributed by atoms with Crippen molar-refractivity contribution in [2.24, 2.45) is 5.41 Å². The maximum Gasteiger partial charge on any atom is 0.316 e. The van der Waals surface area contributed by atoms with E-state index in [-0.39, 0.29) is 11.9 Å². The van der Waals surface area contributed by atoms with E-state index in [1.54, 1.807) is 0 Å². The minimum atomic E-state index is -0.400. The van der Waals surface area contributed by atoms with Crippen molar-refractivity contribution in [3.05, 3.63) is 47.0 Å². The average Bonchev–Trinajstić information content (AvgIpc) is 2.99. The zero-order valence-electron chi connectivity index (χ0n) is 8.65. The van der Waals surface area contributed by atoms with Gasteiger partial charge in [0.05, 0.1) is 5.41 Å². The normalized spacial score (nSPS) is 31.6. The second-order valence-electron chi connectivity index (χ2n) is 4.35. The SMILES string of the molecule is O=C1OCC=C[C@@]12C[C@@H]2c1cccc(Cl)c1. The van der Waals surface area contributed by atoms with Gasteiger partial charge in [-0.3, -0.25) is 4.79 Å². The maximum absolute atomic E-state index is 11.7. The first-order valence-electron chi connectivity index (χ1n) is 5.33. The van der Waals surface area contributed by atoms with Gasteiger partial charge in [0.2, 0.25) is 0 Å². The number of carbonyl (C=O) groups excluding carboxylic acids is 1. The lowest BCUT2D eigenvalue weighted by atomic mass is 9.97. The molecule has 1 heterocycles. The van der Waals surface area contributed by atoms with Gasteiger partial charge in [-0.25, -0.2) is 0 Å². The van der Waals surface area contributed by atoms with E-state index in [2.05, 4.69) is 0 Å². The third kappa shape index (κ3) is 1.37. The zero-order chi connectivity index (χ0) is 11.2. The predicted molar refractivity (Wildman–Crippen MR) is 61.3 cm³/mol. The van der Waals surface area contributed by atoms with E-state index in [4.69, 9.17) is 16.3 Å². The molecule has 0 radical (unpaired) electrons. The Labute approximate surface area is 98.9 Å². The molecule has 0 aromatic heterocycles. The van der Waals surface area contributed by atoms with Crippen molar-refractivity contribution >= 4 is 17.6 Å². The Morgan fingerprint density at radius 1 is 1.44 bits per heavy atom. The maximum atomic E-state index is 11.7. The summed E-state index contributed by atoms with van der Waals surface area (Å²) in [6, 6.07) is 7.70. The van der Waals surface area contributed by atoms with Gasteiger partial charge in [-0.1, -0.05) is 35.9 Å². The fourth-order valence-electron chi connectivity index (χ4n) is 2.41. The number of hydrogen-bond donors (Lipinski definition) is 0. The van der Waals surface area contributed by atoms with E-state index in [0.29, 0.717) is 11.6 Å². The molecule has 3 rings (SSSR count). The van der Waals surface area contributed by atoms with Crippen LogP contribution in [0.5, 0.6) is 0 Å². The van der Waals surface area contributed by atoms with Crippen LogP contribution in [0.2, 0.25) is 5.02 Å². The summed E-state index contributed by atoms with van der Waals surface area (Å²) in [5.74, 6) is 0.134. The molecule has 3 heteroatoms. The molecule has 0 amide bonds. The van der Waals surface area contributed by atoms with Crippen LogP contribution < -0.4 is 0 Å². The van der Waals surface area contributed by atoms with Gasteiger partial charge < -0.3 is 4.74 Å². The third-order valence-electron chi connectivity index (χ3n) is 3.36. The van der Waals surface area contributed by atoms with Gasteiger partial charge in [-0.05, 0) is 24.1 Å². The molecular formula is C13H11ClO2. The highest BCUT2D eigenvalue weighted by Gasteiger charge is 2.60. The number of rotatable bonds is 1. The molecule has 0 bridgehead atoms. The summed E-state index contributed by atoms with van der Waals surface area (Å²) in [4.78, 5) is 11.7. The molecule has 1 aromatic carbocycles. The van der Waals surface area contributed by atoms with Crippen LogP contribution in [0.1, 0.15) is 17.9 Å². The van der Waals surface area contributed by atoms with Crippen LogP contribution in [-0.2, 0) is 9.53 Å². The van der Waals surface area contributed by atoms with Gasteiger partial charge in [-0.2, -0.15) is 0 Å². The van der Waals surface area contributed by atoms with Crippen molar-refractivity contribution in [3.8, 4) is 0 Å². The highest BCUT2D eigenvalue weighted by atomic mass is 35.5. The Balaban J connectivity index is 1.93. The molecule has 82 valence electrons. The summed E-state index contributed by atoms with van der Waals surface area (Å²) in [6.07, 6.45) is 4.75. The van der Waals surface area contributed by atoms with Crippen molar-refractivity contribution < 1.29 is 9.53 Å². The van der Waals surface area contributed by atoms with Crippen molar-refractivity contribution in [2.75, 3.05) is 6.61 Å².